The second-order valence-corrected chi connectivity index (χ2v) is 3.97. The summed E-state index contributed by atoms with van der Waals surface area (Å²) in [5.41, 5.74) is -0.344. The Morgan fingerprint density at radius 1 is 1.05 bits per heavy atom. The first-order valence-electron chi connectivity index (χ1n) is 6.06. The highest BCUT2D eigenvalue weighted by Gasteiger charge is 1.99. The molecule has 104 valence electrons. The van der Waals surface area contributed by atoms with Crippen LogP contribution in [0.25, 0.3) is 0 Å². The van der Waals surface area contributed by atoms with Gasteiger partial charge in [-0.2, -0.15) is 4.98 Å². The highest BCUT2D eigenvalue weighted by Crippen LogP contribution is 2.10. The van der Waals surface area contributed by atoms with Gasteiger partial charge >= 0.3 is 0 Å². The lowest BCUT2D eigenvalue weighted by Crippen LogP contribution is -2.04. The number of hydrogen-bond acceptors (Lipinski definition) is 6. The molecular formula is C14H10N4O3. The summed E-state index contributed by atoms with van der Waals surface area (Å²) in [6.45, 7) is 0. The van der Waals surface area contributed by atoms with Crippen molar-refractivity contribution in [1.82, 2.24) is 9.97 Å². The van der Waals surface area contributed by atoms with Gasteiger partial charge in [0.1, 0.15) is 11.5 Å². The summed E-state index contributed by atoms with van der Waals surface area (Å²) in [5.74, 6) is 1.51. The normalized spacial score (nSPS) is 11.6. The second-order valence-electron chi connectivity index (χ2n) is 3.97. The molecule has 0 aliphatic heterocycles. The highest BCUT2D eigenvalue weighted by molar-refractivity contribution is 5.78. The van der Waals surface area contributed by atoms with Crippen molar-refractivity contribution < 1.29 is 8.83 Å². The van der Waals surface area contributed by atoms with Crippen LogP contribution in [0.4, 0.5) is 11.8 Å². The summed E-state index contributed by atoms with van der Waals surface area (Å²) in [7, 11) is 0. The lowest BCUT2D eigenvalue weighted by Gasteiger charge is -1.94. The molecule has 0 bridgehead atoms. The predicted octanol–water partition coefficient (Wildman–Crippen LogP) is 2.46. The van der Waals surface area contributed by atoms with E-state index in [1.54, 1.807) is 24.3 Å². The molecule has 0 amide bonds. The largest absolute Gasteiger partial charge is 0.463 e. The zero-order chi connectivity index (χ0) is 14.5. The minimum atomic E-state index is -0.344. The van der Waals surface area contributed by atoms with Crippen molar-refractivity contribution in [1.29, 1.82) is 0 Å². The Morgan fingerprint density at radius 2 is 1.71 bits per heavy atom. The Morgan fingerprint density at radius 3 is 2.33 bits per heavy atom. The molecule has 0 unspecified atom stereocenters. The number of nitrogens with zero attached hydrogens (tertiary/aromatic N) is 3. The number of aromatic nitrogens is 2. The molecule has 0 aromatic carbocycles. The van der Waals surface area contributed by atoms with Gasteiger partial charge in [-0.25, -0.2) is 9.98 Å². The molecule has 1 N–H and O–H groups in total. The van der Waals surface area contributed by atoms with Gasteiger partial charge in [0.15, 0.2) is 5.82 Å². The number of nitrogens with one attached hydrogen (secondary N) is 1. The molecule has 3 aromatic heterocycles. The van der Waals surface area contributed by atoms with Crippen LogP contribution in [-0.4, -0.2) is 22.4 Å². The van der Waals surface area contributed by atoms with Gasteiger partial charge in [-0.1, -0.05) is 0 Å². The van der Waals surface area contributed by atoms with Crippen LogP contribution in [0, 0.1) is 0 Å². The number of rotatable bonds is 4. The molecule has 0 saturated carbocycles. The molecule has 0 saturated heterocycles. The van der Waals surface area contributed by atoms with Gasteiger partial charge in [0.05, 0.1) is 25.0 Å². The molecule has 3 rings (SSSR count). The van der Waals surface area contributed by atoms with Crippen LogP contribution in [0.5, 0.6) is 0 Å². The van der Waals surface area contributed by atoms with E-state index in [4.69, 9.17) is 8.83 Å². The van der Waals surface area contributed by atoms with Gasteiger partial charge < -0.3 is 8.83 Å². The lowest BCUT2D eigenvalue weighted by atomic mass is 10.5. The van der Waals surface area contributed by atoms with Crippen molar-refractivity contribution in [3.05, 3.63) is 64.7 Å². The fourth-order valence-corrected chi connectivity index (χ4v) is 1.54. The average molecular weight is 282 g/mol. The number of H-pyrrole nitrogens is 1. The molecule has 3 heterocycles. The first-order chi connectivity index (χ1) is 10.3. The zero-order valence-corrected chi connectivity index (χ0v) is 10.8. The van der Waals surface area contributed by atoms with E-state index in [9.17, 15) is 4.79 Å². The number of furan rings is 2. The van der Waals surface area contributed by atoms with E-state index < -0.39 is 0 Å². The predicted molar refractivity (Wildman–Crippen MR) is 76.8 cm³/mol. The molecule has 0 spiro atoms. The standard InChI is InChI=1S/C14H10N4O3/c19-13-7-12(15-8-10-3-1-5-20-10)17-14(18-13)16-9-11-4-2-6-21-11/h1-9H,(H,17,18,19). The Kier molecular flexibility index (Phi) is 3.55. The smallest absolute Gasteiger partial charge is 0.254 e. The van der Waals surface area contributed by atoms with Crippen molar-refractivity contribution in [2.45, 2.75) is 0 Å². The van der Waals surface area contributed by atoms with Gasteiger partial charge in [0, 0.05) is 6.07 Å². The van der Waals surface area contributed by atoms with E-state index in [-0.39, 0.29) is 17.3 Å². The molecule has 0 aliphatic rings. The fourth-order valence-electron chi connectivity index (χ4n) is 1.54. The summed E-state index contributed by atoms with van der Waals surface area (Å²) in [6.07, 6.45) is 5.99. The topological polar surface area (TPSA) is 96.8 Å². The third-order valence-corrected chi connectivity index (χ3v) is 2.44. The van der Waals surface area contributed by atoms with Gasteiger partial charge in [-0.3, -0.25) is 9.78 Å². The van der Waals surface area contributed by atoms with E-state index in [2.05, 4.69) is 20.0 Å². The molecule has 0 radical (unpaired) electrons. The second kappa shape index (κ2) is 5.83. The van der Waals surface area contributed by atoms with Crippen LogP contribution < -0.4 is 5.56 Å². The van der Waals surface area contributed by atoms with Crippen molar-refractivity contribution in [3.8, 4) is 0 Å². The van der Waals surface area contributed by atoms with Crippen LogP contribution in [0.3, 0.4) is 0 Å². The summed E-state index contributed by atoms with van der Waals surface area (Å²) in [5, 5.41) is 0. The van der Waals surface area contributed by atoms with Gasteiger partial charge in [0.25, 0.3) is 5.56 Å². The van der Waals surface area contributed by atoms with Gasteiger partial charge in [-0.15, -0.1) is 0 Å². The van der Waals surface area contributed by atoms with Crippen LogP contribution in [0.15, 0.2) is 66.5 Å². The van der Waals surface area contributed by atoms with Crippen molar-refractivity contribution in [2.24, 2.45) is 9.98 Å². The third-order valence-electron chi connectivity index (χ3n) is 2.44. The van der Waals surface area contributed by atoms with Crippen molar-refractivity contribution in [3.63, 3.8) is 0 Å². The Balaban J connectivity index is 1.84. The van der Waals surface area contributed by atoms with Crippen LogP contribution >= 0.6 is 0 Å². The maximum absolute atomic E-state index is 11.5. The first-order valence-corrected chi connectivity index (χ1v) is 6.06. The fraction of sp³-hybridized carbons (Fsp3) is 0. The highest BCUT2D eigenvalue weighted by atomic mass is 16.3. The number of aromatic amines is 1. The molecule has 7 nitrogen and oxygen atoms in total. The Bertz CT molecular complexity index is 749. The minimum Gasteiger partial charge on any atom is -0.463 e. The Hall–Kier alpha value is -3.22. The molecule has 0 atom stereocenters. The third kappa shape index (κ3) is 3.41. The summed E-state index contributed by atoms with van der Waals surface area (Å²) >= 11 is 0. The molecular weight excluding hydrogens is 272 g/mol. The number of hydrogen-bond donors (Lipinski definition) is 1. The van der Waals surface area contributed by atoms with E-state index >= 15 is 0 Å². The summed E-state index contributed by atoms with van der Waals surface area (Å²) in [4.78, 5) is 26.2. The minimum absolute atomic E-state index is 0.144. The summed E-state index contributed by atoms with van der Waals surface area (Å²) < 4.78 is 10.2. The quantitative estimate of drug-likeness (QED) is 0.743. The molecule has 7 heteroatoms. The Labute approximate surface area is 118 Å². The van der Waals surface area contributed by atoms with Gasteiger partial charge in [0.2, 0.25) is 5.95 Å². The van der Waals surface area contributed by atoms with E-state index in [1.165, 1.54) is 31.0 Å². The van der Waals surface area contributed by atoms with Gasteiger partial charge in [-0.05, 0) is 24.3 Å². The van der Waals surface area contributed by atoms with E-state index in [0.717, 1.165) is 0 Å². The van der Waals surface area contributed by atoms with Crippen LogP contribution in [-0.2, 0) is 0 Å². The zero-order valence-electron chi connectivity index (χ0n) is 10.8. The first kappa shape index (κ1) is 12.8. The average Bonchev–Trinajstić information content (AvgIpc) is 3.16. The van der Waals surface area contributed by atoms with Crippen LogP contribution in [0.2, 0.25) is 0 Å². The maximum atomic E-state index is 11.5. The van der Waals surface area contributed by atoms with Crippen molar-refractivity contribution >= 4 is 24.2 Å². The van der Waals surface area contributed by atoms with E-state index in [0.29, 0.717) is 11.5 Å². The SMILES string of the molecule is O=c1cc(N=Cc2ccco2)nc(N=Cc2ccco2)[nH]1. The summed E-state index contributed by atoms with van der Waals surface area (Å²) in [6, 6.07) is 8.23. The van der Waals surface area contributed by atoms with E-state index in [1.807, 2.05) is 0 Å². The molecule has 0 fully saturated rings. The van der Waals surface area contributed by atoms with Crippen molar-refractivity contribution in [2.75, 3.05) is 0 Å². The monoisotopic (exact) mass is 282 g/mol. The maximum Gasteiger partial charge on any atom is 0.254 e. The lowest BCUT2D eigenvalue weighted by molar-refractivity contribution is 0.560. The van der Waals surface area contributed by atoms with Crippen LogP contribution in [0.1, 0.15) is 11.5 Å². The molecule has 21 heavy (non-hydrogen) atoms. The number of aliphatic imine (C=N–C) groups is 2. The molecule has 0 aliphatic carbocycles. The molecule has 3 aromatic rings.